The van der Waals surface area contributed by atoms with Crippen molar-refractivity contribution in [2.24, 2.45) is 0 Å². The maximum absolute atomic E-state index is 13.5. The fraction of sp³-hybridized carbons (Fsp3) is 0.107. The molecule has 5 rings (SSSR count). The molecule has 174 valence electrons. The molecule has 6 nitrogen and oxygen atoms in total. The van der Waals surface area contributed by atoms with Gasteiger partial charge in [-0.15, -0.1) is 10.2 Å². The summed E-state index contributed by atoms with van der Waals surface area (Å²) < 4.78 is 7.61. The minimum Gasteiger partial charge on any atom is -0.467 e. The van der Waals surface area contributed by atoms with Gasteiger partial charge in [0.2, 0.25) is 5.91 Å². The first kappa shape index (κ1) is 22.7. The number of carbonyl (C=O) groups is 1. The first-order valence-electron chi connectivity index (χ1n) is 11.3. The molecule has 1 N–H and O–H groups in total. The molecule has 0 fully saturated rings. The summed E-state index contributed by atoms with van der Waals surface area (Å²) in [5.41, 5.74) is 3.72. The number of nitrogens with one attached hydrogen (secondary N) is 1. The van der Waals surface area contributed by atoms with Gasteiger partial charge in [-0.3, -0.25) is 9.36 Å². The van der Waals surface area contributed by atoms with E-state index in [1.165, 1.54) is 11.8 Å². The van der Waals surface area contributed by atoms with Gasteiger partial charge in [0.05, 0.1) is 12.8 Å². The van der Waals surface area contributed by atoms with Gasteiger partial charge in [-0.25, -0.2) is 0 Å². The van der Waals surface area contributed by atoms with E-state index in [1.807, 2.05) is 109 Å². The van der Waals surface area contributed by atoms with E-state index in [1.54, 1.807) is 6.26 Å². The van der Waals surface area contributed by atoms with Crippen molar-refractivity contribution in [1.29, 1.82) is 0 Å². The van der Waals surface area contributed by atoms with Crippen molar-refractivity contribution in [2.45, 2.75) is 23.9 Å². The standard InChI is InChI=1S/C28H24N4O2S/c1-20-14-16-23(17-15-20)29-27(33)25(21-9-4-2-5-10-21)35-28-31-30-26(22-11-6-3-7-12-22)32(28)19-24-13-8-18-34-24/h2-18,25H,19H2,1H3,(H,29,33). The number of hydrogen-bond donors (Lipinski definition) is 1. The summed E-state index contributed by atoms with van der Waals surface area (Å²) in [5, 5.41) is 12.1. The number of aryl methyl sites for hydroxylation is 1. The fourth-order valence-corrected chi connectivity index (χ4v) is 4.76. The van der Waals surface area contributed by atoms with E-state index in [9.17, 15) is 4.79 Å². The van der Waals surface area contributed by atoms with Crippen molar-refractivity contribution in [3.8, 4) is 11.4 Å². The molecule has 0 spiro atoms. The smallest absolute Gasteiger partial charge is 0.242 e. The van der Waals surface area contributed by atoms with Crippen LogP contribution in [-0.2, 0) is 11.3 Å². The number of hydrogen-bond acceptors (Lipinski definition) is 5. The molecule has 0 aliphatic rings. The Hall–Kier alpha value is -4.10. The Balaban J connectivity index is 1.50. The monoisotopic (exact) mass is 480 g/mol. The number of rotatable bonds is 8. The van der Waals surface area contributed by atoms with E-state index in [4.69, 9.17) is 4.42 Å². The summed E-state index contributed by atoms with van der Waals surface area (Å²) in [6.07, 6.45) is 1.65. The number of benzene rings is 3. The highest BCUT2D eigenvalue weighted by molar-refractivity contribution is 8.00. The minimum atomic E-state index is -0.527. The van der Waals surface area contributed by atoms with E-state index < -0.39 is 5.25 Å². The third-order valence-corrected chi connectivity index (χ3v) is 6.76. The highest BCUT2D eigenvalue weighted by Gasteiger charge is 2.26. The summed E-state index contributed by atoms with van der Waals surface area (Å²) in [4.78, 5) is 13.5. The molecule has 0 aliphatic heterocycles. The van der Waals surface area contributed by atoms with Gasteiger partial charge in [0.1, 0.15) is 11.0 Å². The summed E-state index contributed by atoms with van der Waals surface area (Å²) in [6, 6.07) is 31.2. The van der Waals surface area contributed by atoms with Crippen molar-refractivity contribution < 1.29 is 9.21 Å². The second kappa shape index (κ2) is 10.4. The predicted molar refractivity (Wildman–Crippen MR) is 138 cm³/mol. The molecule has 3 aromatic carbocycles. The summed E-state index contributed by atoms with van der Waals surface area (Å²) in [5.74, 6) is 1.37. The lowest BCUT2D eigenvalue weighted by Gasteiger charge is -2.17. The van der Waals surface area contributed by atoms with Crippen molar-refractivity contribution in [1.82, 2.24) is 14.8 Å². The average Bonchev–Trinajstić information content (AvgIpc) is 3.55. The molecule has 2 heterocycles. The third-order valence-electron chi connectivity index (χ3n) is 5.53. The molecule has 35 heavy (non-hydrogen) atoms. The van der Waals surface area contributed by atoms with Gasteiger partial charge in [0, 0.05) is 11.3 Å². The zero-order valence-electron chi connectivity index (χ0n) is 19.2. The van der Waals surface area contributed by atoms with Crippen LogP contribution in [0.5, 0.6) is 0 Å². The topological polar surface area (TPSA) is 73.0 Å². The van der Waals surface area contributed by atoms with Crippen LogP contribution in [0.3, 0.4) is 0 Å². The van der Waals surface area contributed by atoms with E-state index >= 15 is 0 Å². The lowest BCUT2D eigenvalue weighted by molar-refractivity contribution is -0.115. The highest BCUT2D eigenvalue weighted by Crippen LogP contribution is 2.37. The number of thioether (sulfide) groups is 1. The van der Waals surface area contributed by atoms with Crippen molar-refractivity contribution in [3.63, 3.8) is 0 Å². The van der Waals surface area contributed by atoms with E-state index in [-0.39, 0.29) is 5.91 Å². The first-order chi connectivity index (χ1) is 17.2. The average molecular weight is 481 g/mol. The van der Waals surface area contributed by atoms with Crippen LogP contribution in [0, 0.1) is 6.92 Å². The molecular weight excluding hydrogens is 456 g/mol. The van der Waals surface area contributed by atoms with Crippen molar-refractivity contribution in [2.75, 3.05) is 5.32 Å². The maximum Gasteiger partial charge on any atom is 0.242 e. The lowest BCUT2D eigenvalue weighted by Crippen LogP contribution is -2.19. The van der Waals surface area contributed by atoms with Gasteiger partial charge >= 0.3 is 0 Å². The van der Waals surface area contributed by atoms with Crippen LogP contribution >= 0.6 is 11.8 Å². The molecule has 1 amide bonds. The second-order valence-electron chi connectivity index (χ2n) is 8.10. The largest absolute Gasteiger partial charge is 0.467 e. The number of aromatic nitrogens is 3. The maximum atomic E-state index is 13.5. The number of nitrogens with zero attached hydrogens (tertiary/aromatic N) is 3. The molecule has 0 saturated carbocycles. The van der Waals surface area contributed by atoms with Crippen LogP contribution in [0.25, 0.3) is 11.4 Å². The van der Waals surface area contributed by atoms with Crippen molar-refractivity contribution in [3.05, 3.63) is 120 Å². The Morgan fingerprint density at radius 3 is 2.31 bits per heavy atom. The van der Waals surface area contributed by atoms with Crippen LogP contribution in [0.2, 0.25) is 0 Å². The number of furan rings is 1. The molecule has 1 atom stereocenters. The molecule has 7 heteroatoms. The van der Waals surface area contributed by atoms with E-state index in [0.29, 0.717) is 11.7 Å². The Kier molecular flexibility index (Phi) is 6.77. The SMILES string of the molecule is Cc1ccc(NC(=O)C(Sc2nnc(-c3ccccc3)n2Cc2ccco2)c2ccccc2)cc1. The lowest BCUT2D eigenvalue weighted by atomic mass is 10.1. The van der Waals surface area contributed by atoms with E-state index in [2.05, 4.69) is 15.5 Å². The summed E-state index contributed by atoms with van der Waals surface area (Å²) in [6.45, 7) is 2.47. The van der Waals surface area contributed by atoms with Crippen LogP contribution in [0.1, 0.15) is 22.1 Å². The number of amides is 1. The predicted octanol–water partition coefficient (Wildman–Crippen LogP) is 6.37. The van der Waals surface area contributed by atoms with Crippen LogP contribution < -0.4 is 5.32 Å². The number of anilines is 1. The Labute approximate surface area is 208 Å². The minimum absolute atomic E-state index is 0.126. The second-order valence-corrected chi connectivity index (χ2v) is 9.17. The Morgan fingerprint density at radius 1 is 0.914 bits per heavy atom. The van der Waals surface area contributed by atoms with Crippen LogP contribution in [0.4, 0.5) is 5.69 Å². The zero-order valence-corrected chi connectivity index (χ0v) is 20.0. The normalized spacial score (nSPS) is 11.8. The Bertz CT molecular complexity index is 1380. The van der Waals surface area contributed by atoms with Gasteiger partial charge in [-0.1, -0.05) is 90.1 Å². The molecular formula is C28H24N4O2S. The molecule has 0 bridgehead atoms. The quantitative estimate of drug-likeness (QED) is 0.261. The van der Waals surface area contributed by atoms with Crippen LogP contribution in [-0.4, -0.2) is 20.7 Å². The molecule has 0 saturated heterocycles. The fourth-order valence-electron chi connectivity index (χ4n) is 3.73. The summed E-state index contributed by atoms with van der Waals surface area (Å²) in [7, 11) is 0. The third kappa shape index (κ3) is 5.36. The molecule has 0 radical (unpaired) electrons. The van der Waals surface area contributed by atoms with Gasteiger partial charge in [-0.2, -0.15) is 0 Å². The first-order valence-corrected chi connectivity index (χ1v) is 12.2. The van der Waals surface area contributed by atoms with Crippen molar-refractivity contribution >= 4 is 23.4 Å². The Morgan fingerprint density at radius 2 is 1.63 bits per heavy atom. The number of carbonyl (C=O) groups excluding carboxylic acids is 1. The molecule has 2 aromatic heterocycles. The molecule has 0 aliphatic carbocycles. The van der Waals surface area contributed by atoms with E-state index in [0.717, 1.165) is 34.0 Å². The molecule has 1 unspecified atom stereocenters. The van der Waals surface area contributed by atoms with Gasteiger partial charge in [0.25, 0.3) is 0 Å². The zero-order chi connectivity index (χ0) is 24.0. The highest BCUT2D eigenvalue weighted by atomic mass is 32.2. The van der Waals surface area contributed by atoms with Crippen LogP contribution in [0.15, 0.2) is 113 Å². The van der Waals surface area contributed by atoms with Gasteiger partial charge in [-0.05, 0) is 36.8 Å². The van der Waals surface area contributed by atoms with Gasteiger partial charge in [0.15, 0.2) is 11.0 Å². The summed E-state index contributed by atoms with van der Waals surface area (Å²) >= 11 is 1.37. The van der Waals surface area contributed by atoms with Gasteiger partial charge < -0.3 is 9.73 Å². The molecule has 5 aromatic rings.